The molecule has 4 heterocycles. The van der Waals surface area contributed by atoms with Crippen molar-refractivity contribution in [3.05, 3.63) is 72.9 Å². The van der Waals surface area contributed by atoms with Gasteiger partial charge in [0.2, 0.25) is 5.91 Å². The van der Waals surface area contributed by atoms with Crippen molar-refractivity contribution in [2.45, 2.75) is 38.0 Å². The Hall–Kier alpha value is -3.00. The quantitative estimate of drug-likeness (QED) is 0.238. The molecule has 0 spiro atoms. The Morgan fingerprint density at radius 3 is 2.08 bits per heavy atom. The van der Waals surface area contributed by atoms with Gasteiger partial charge < -0.3 is 24.4 Å². The number of halogens is 2. The number of nitrogens with one attached hydrogen (secondary N) is 1. The summed E-state index contributed by atoms with van der Waals surface area (Å²) in [5.41, 5.74) is 1.50. The first kappa shape index (κ1) is 36.3. The standard InChI is InChI=1S/C34H43Cl2N5O6S/c1-45-33(43)30-25(8-9-27-37-10-21-48-27)38-26(31(34(44)46-2)32(30)29-23(35)6-5-7-24(29)36)22-28(42)41-15-13-39(14-16-41)11-3-4-12-40-17-19-47-20-18-40/h5-7,10,21,32,38H,3-4,8-9,11-20,22H2,1-2H3. The molecule has 1 aromatic carbocycles. The van der Waals surface area contributed by atoms with Gasteiger partial charge in [-0.3, -0.25) is 14.6 Å². The largest absolute Gasteiger partial charge is 0.466 e. The van der Waals surface area contributed by atoms with E-state index in [0.717, 1.165) is 70.3 Å². The number of hydrogen-bond donors (Lipinski definition) is 1. The molecule has 3 aliphatic rings. The second-order valence-electron chi connectivity index (χ2n) is 11.9. The molecule has 1 unspecified atom stereocenters. The van der Waals surface area contributed by atoms with Crippen LogP contribution in [0.5, 0.6) is 0 Å². The van der Waals surface area contributed by atoms with Crippen molar-refractivity contribution in [1.29, 1.82) is 0 Å². The number of thiazole rings is 1. The molecule has 1 amide bonds. The van der Waals surface area contributed by atoms with E-state index in [1.807, 2.05) is 10.3 Å². The topological polar surface area (TPSA) is 114 Å². The van der Waals surface area contributed by atoms with E-state index in [0.29, 0.717) is 42.9 Å². The first-order valence-electron chi connectivity index (χ1n) is 16.3. The zero-order valence-corrected chi connectivity index (χ0v) is 29.8. The maximum atomic E-state index is 13.9. The highest BCUT2D eigenvalue weighted by atomic mass is 35.5. The van der Waals surface area contributed by atoms with E-state index in [4.69, 9.17) is 37.4 Å². The summed E-state index contributed by atoms with van der Waals surface area (Å²) < 4.78 is 15.9. The van der Waals surface area contributed by atoms with Crippen LogP contribution >= 0.6 is 34.5 Å². The maximum Gasteiger partial charge on any atom is 0.336 e. The van der Waals surface area contributed by atoms with Gasteiger partial charge in [0.05, 0.1) is 55.9 Å². The zero-order valence-electron chi connectivity index (χ0n) is 27.5. The number of piperazine rings is 1. The Labute approximate surface area is 295 Å². The normalized spacial score (nSPS) is 19.3. The first-order valence-corrected chi connectivity index (χ1v) is 18.0. The van der Waals surface area contributed by atoms with E-state index >= 15 is 0 Å². The number of methoxy groups -OCH3 is 2. The predicted molar refractivity (Wildman–Crippen MR) is 185 cm³/mol. The number of aromatic nitrogens is 1. The number of esters is 2. The minimum absolute atomic E-state index is 0.0955. The monoisotopic (exact) mass is 719 g/mol. The molecule has 3 aliphatic heterocycles. The van der Waals surface area contributed by atoms with Crippen LogP contribution in [-0.2, 0) is 35.0 Å². The van der Waals surface area contributed by atoms with Gasteiger partial charge in [0, 0.05) is 84.3 Å². The summed E-state index contributed by atoms with van der Waals surface area (Å²) in [4.78, 5) is 52.0. The van der Waals surface area contributed by atoms with E-state index in [-0.39, 0.29) is 33.5 Å². The second kappa shape index (κ2) is 17.6. The van der Waals surface area contributed by atoms with Crippen molar-refractivity contribution in [3.63, 3.8) is 0 Å². The molecule has 11 nitrogen and oxygen atoms in total. The number of unbranched alkanes of at least 4 members (excludes halogenated alkanes) is 1. The fraction of sp³-hybridized carbons (Fsp3) is 0.529. The number of aryl methyl sites for hydroxylation is 1. The van der Waals surface area contributed by atoms with Crippen molar-refractivity contribution < 1.29 is 28.6 Å². The lowest BCUT2D eigenvalue weighted by Crippen LogP contribution is -2.49. The Morgan fingerprint density at radius 1 is 0.896 bits per heavy atom. The molecular weight excluding hydrogens is 677 g/mol. The van der Waals surface area contributed by atoms with Crippen molar-refractivity contribution in [3.8, 4) is 0 Å². The van der Waals surface area contributed by atoms with E-state index in [2.05, 4.69) is 20.1 Å². The van der Waals surface area contributed by atoms with Gasteiger partial charge in [0.15, 0.2) is 0 Å². The lowest BCUT2D eigenvalue weighted by Gasteiger charge is -2.36. The molecule has 260 valence electrons. The minimum atomic E-state index is -1.03. The van der Waals surface area contributed by atoms with Crippen LogP contribution in [0.4, 0.5) is 0 Å². The molecule has 1 N–H and O–H groups in total. The molecule has 2 fully saturated rings. The van der Waals surface area contributed by atoms with Crippen LogP contribution in [0.3, 0.4) is 0 Å². The summed E-state index contributed by atoms with van der Waals surface area (Å²) in [6.07, 6.45) is 4.76. The van der Waals surface area contributed by atoms with E-state index in [1.165, 1.54) is 25.6 Å². The molecule has 48 heavy (non-hydrogen) atoms. The maximum absolute atomic E-state index is 13.9. The predicted octanol–water partition coefficient (Wildman–Crippen LogP) is 4.27. The molecule has 2 aromatic rings. The fourth-order valence-corrected chi connectivity index (χ4v) is 7.75. The van der Waals surface area contributed by atoms with Gasteiger partial charge in [-0.05, 0) is 44.5 Å². The highest BCUT2D eigenvalue weighted by Gasteiger charge is 2.42. The van der Waals surface area contributed by atoms with Crippen molar-refractivity contribution >= 4 is 52.4 Å². The third-order valence-corrected chi connectivity index (χ3v) is 10.6. The number of amides is 1. The van der Waals surface area contributed by atoms with E-state index in [1.54, 1.807) is 24.4 Å². The van der Waals surface area contributed by atoms with Gasteiger partial charge in [-0.25, -0.2) is 14.6 Å². The number of hydrogen-bond acceptors (Lipinski definition) is 11. The Morgan fingerprint density at radius 2 is 1.50 bits per heavy atom. The van der Waals surface area contributed by atoms with Gasteiger partial charge in [-0.15, -0.1) is 11.3 Å². The van der Waals surface area contributed by atoms with Gasteiger partial charge in [-0.1, -0.05) is 29.3 Å². The van der Waals surface area contributed by atoms with Gasteiger partial charge in [0.25, 0.3) is 0 Å². The lowest BCUT2D eigenvalue weighted by atomic mass is 9.78. The number of morpholine rings is 1. The molecule has 0 bridgehead atoms. The molecule has 0 radical (unpaired) electrons. The van der Waals surface area contributed by atoms with Crippen molar-refractivity contribution in [1.82, 2.24) is 25.0 Å². The molecule has 2 saturated heterocycles. The smallest absolute Gasteiger partial charge is 0.336 e. The number of ether oxygens (including phenoxy) is 3. The van der Waals surface area contributed by atoms with E-state index < -0.39 is 17.9 Å². The number of carbonyl (C=O) groups is 3. The van der Waals surface area contributed by atoms with Gasteiger partial charge >= 0.3 is 11.9 Å². The second-order valence-corrected chi connectivity index (χ2v) is 13.7. The van der Waals surface area contributed by atoms with Gasteiger partial charge in [-0.2, -0.15) is 0 Å². The third kappa shape index (κ3) is 8.96. The SMILES string of the molecule is COC(=O)C1=C(CCc2nccs2)NC(CC(=O)N2CCN(CCCCN3CCOCC3)CC2)=C(C(=O)OC)C1c1c(Cl)cccc1Cl. The number of rotatable bonds is 13. The van der Waals surface area contributed by atoms with Crippen LogP contribution in [0.15, 0.2) is 52.3 Å². The molecule has 5 rings (SSSR count). The Bertz CT molecular complexity index is 1480. The number of nitrogens with zero attached hydrogens (tertiary/aromatic N) is 4. The zero-order chi connectivity index (χ0) is 34.0. The van der Waals surface area contributed by atoms with Crippen LogP contribution in [-0.4, -0.2) is 117 Å². The summed E-state index contributed by atoms with van der Waals surface area (Å²) in [5, 5.41) is 6.60. The van der Waals surface area contributed by atoms with Crippen LogP contribution < -0.4 is 5.32 Å². The summed E-state index contributed by atoms with van der Waals surface area (Å²) >= 11 is 14.9. The fourth-order valence-electron chi connectivity index (χ4n) is 6.51. The number of benzene rings is 1. The molecule has 0 aliphatic carbocycles. The number of allylic oxidation sites excluding steroid dienone is 1. The van der Waals surface area contributed by atoms with Crippen LogP contribution in [0, 0.1) is 0 Å². The average molecular weight is 721 g/mol. The highest BCUT2D eigenvalue weighted by molar-refractivity contribution is 7.09. The molecule has 14 heteroatoms. The molecular formula is C34H43Cl2N5O6S. The van der Waals surface area contributed by atoms with Crippen LogP contribution in [0.25, 0.3) is 0 Å². The third-order valence-electron chi connectivity index (χ3n) is 9.06. The summed E-state index contributed by atoms with van der Waals surface area (Å²) in [6, 6.07) is 4.99. The summed E-state index contributed by atoms with van der Waals surface area (Å²) in [5.74, 6) is -2.51. The molecule has 1 atom stereocenters. The molecule has 0 saturated carbocycles. The summed E-state index contributed by atoms with van der Waals surface area (Å²) in [7, 11) is 2.54. The average Bonchev–Trinajstić information content (AvgIpc) is 3.63. The van der Waals surface area contributed by atoms with Crippen molar-refractivity contribution in [2.75, 3.05) is 79.8 Å². The summed E-state index contributed by atoms with van der Waals surface area (Å²) in [6.45, 7) is 8.45. The Kier molecular flexibility index (Phi) is 13.3. The van der Waals surface area contributed by atoms with E-state index in [9.17, 15) is 14.4 Å². The van der Waals surface area contributed by atoms with Crippen molar-refractivity contribution in [2.24, 2.45) is 0 Å². The number of dihydropyridines is 1. The highest BCUT2D eigenvalue weighted by Crippen LogP contribution is 2.46. The minimum Gasteiger partial charge on any atom is -0.466 e. The van der Waals surface area contributed by atoms with Gasteiger partial charge in [0.1, 0.15) is 0 Å². The van der Waals surface area contributed by atoms with Crippen LogP contribution in [0.1, 0.15) is 42.2 Å². The molecule has 1 aromatic heterocycles. The Balaban J connectivity index is 1.36. The number of carbonyl (C=O) groups excluding carboxylic acids is 3. The van der Waals surface area contributed by atoms with Crippen LogP contribution in [0.2, 0.25) is 10.0 Å². The lowest BCUT2D eigenvalue weighted by molar-refractivity contribution is -0.137. The first-order chi connectivity index (χ1) is 23.3.